The van der Waals surface area contributed by atoms with Gasteiger partial charge in [-0.2, -0.15) is 13.2 Å². The Morgan fingerprint density at radius 1 is 1.24 bits per heavy atom. The van der Waals surface area contributed by atoms with Crippen LogP contribution in [0.15, 0.2) is 29.4 Å². The second-order valence-electron chi connectivity index (χ2n) is 8.80. The zero-order chi connectivity index (χ0) is 24.1. The number of carbonyl (C=O) groups excluding carboxylic acids is 1. The van der Waals surface area contributed by atoms with Crippen LogP contribution >= 0.6 is 11.8 Å². The lowest BCUT2D eigenvalue weighted by molar-refractivity contribution is -0.137. The summed E-state index contributed by atoms with van der Waals surface area (Å²) in [4.78, 5) is 14.5. The third-order valence-corrected chi connectivity index (χ3v) is 7.16. The Kier molecular flexibility index (Phi) is 8.02. The Morgan fingerprint density at radius 3 is 2.76 bits per heavy atom. The lowest BCUT2D eigenvalue weighted by Gasteiger charge is -2.31. The number of morpholine rings is 1. The second-order valence-corrected chi connectivity index (χ2v) is 9.75. The van der Waals surface area contributed by atoms with Crippen molar-refractivity contribution < 1.29 is 22.7 Å². The van der Waals surface area contributed by atoms with E-state index >= 15 is 0 Å². The van der Waals surface area contributed by atoms with Crippen LogP contribution < -0.4 is 5.32 Å². The fourth-order valence-corrected chi connectivity index (χ4v) is 5.41. The fraction of sp³-hybridized carbons (Fsp3) is 0.609. The smallest absolute Gasteiger partial charge is 0.378 e. The number of hydrogen-bond donors (Lipinski definition) is 1. The average Bonchev–Trinajstić information content (AvgIpc) is 3.24. The topological polar surface area (TPSA) is 72.3 Å². The van der Waals surface area contributed by atoms with Gasteiger partial charge in [0.15, 0.2) is 11.0 Å². The van der Waals surface area contributed by atoms with Gasteiger partial charge in [-0.15, -0.1) is 10.2 Å². The van der Waals surface area contributed by atoms with Gasteiger partial charge in [-0.3, -0.25) is 4.79 Å². The van der Waals surface area contributed by atoms with Crippen LogP contribution in [0.4, 0.5) is 18.9 Å². The van der Waals surface area contributed by atoms with E-state index in [-0.39, 0.29) is 30.4 Å². The highest BCUT2D eigenvalue weighted by atomic mass is 32.2. The minimum Gasteiger partial charge on any atom is -0.378 e. The Morgan fingerprint density at radius 2 is 2.03 bits per heavy atom. The molecule has 1 unspecified atom stereocenters. The van der Waals surface area contributed by atoms with Gasteiger partial charge in [-0.05, 0) is 38.0 Å². The molecule has 1 saturated heterocycles. The lowest BCUT2D eigenvalue weighted by atomic mass is 9.95. The first kappa shape index (κ1) is 24.8. The van der Waals surface area contributed by atoms with Crippen molar-refractivity contribution in [2.75, 3.05) is 30.8 Å². The predicted octanol–water partition coefficient (Wildman–Crippen LogP) is 4.75. The van der Waals surface area contributed by atoms with Crippen molar-refractivity contribution in [3.63, 3.8) is 0 Å². The summed E-state index contributed by atoms with van der Waals surface area (Å²) >= 11 is 1.37. The summed E-state index contributed by atoms with van der Waals surface area (Å²) in [5.41, 5.74) is -0.322. The molecular weight excluding hydrogens is 467 g/mol. The Balaban J connectivity index is 1.46. The molecule has 2 fully saturated rings. The van der Waals surface area contributed by atoms with E-state index in [0.717, 1.165) is 37.8 Å². The number of nitrogens with zero attached hydrogens (tertiary/aromatic N) is 4. The van der Waals surface area contributed by atoms with Crippen molar-refractivity contribution >= 4 is 23.4 Å². The number of thioether (sulfide) groups is 1. The molecule has 1 saturated carbocycles. The maximum atomic E-state index is 13.1. The SMILES string of the molecule is CC1CN(C(=O)CSc2nnc(CNc3cccc(C(F)(F)F)c3)n2C2CCCCC2)CCO1. The molecule has 2 heterocycles. The Hall–Kier alpha value is -2.27. The van der Waals surface area contributed by atoms with Crippen LogP contribution in [0.5, 0.6) is 0 Å². The van der Waals surface area contributed by atoms with Crippen LogP contribution in [0.1, 0.15) is 56.5 Å². The summed E-state index contributed by atoms with van der Waals surface area (Å²) in [5.74, 6) is 0.972. The molecule has 1 N–H and O–H groups in total. The van der Waals surface area contributed by atoms with E-state index in [0.29, 0.717) is 36.4 Å². The third kappa shape index (κ3) is 6.24. The van der Waals surface area contributed by atoms with E-state index in [1.807, 2.05) is 11.8 Å². The molecule has 1 atom stereocenters. The number of halogens is 3. The van der Waals surface area contributed by atoms with E-state index in [1.54, 1.807) is 6.07 Å². The van der Waals surface area contributed by atoms with Gasteiger partial charge in [0.1, 0.15) is 0 Å². The molecule has 2 aromatic rings. The highest BCUT2D eigenvalue weighted by molar-refractivity contribution is 7.99. The van der Waals surface area contributed by atoms with Crippen LogP contribution in [0.2, 0.25) is 0 Å². The Bertz CT molecular complexity index is 978. The van der Waals surface area contributed by atoms with Gasteiger partial charge < -0.3 is 19.5 Å². The minimum absolute atomic E-state index is 0.0297. The highest BCUT2D eigenvalue weighted by Gasteiger charge is 2.30. The molecule has 2 aliphatic rings. The molecule has 0 bridgehead atoms. The number of benzene rings is 1. The molecule has 0 radical (unpaired) electrons. The molecule has 1 aliphatic heterocycles. The number of alkyl halides is 3. The quantitative estimate of drug-likeness (QED) is 0.557. The van der Waals surface area contributed by atoms with Gasteiger partial charge in [0.05, 0.1) is 30.6 Å². The summed E-state index contributed by atoms with van der Waals surface area (Å²) in [5, 5.41) is 12.4. The number of amides is 1. The molecule has 1 aliphatic carbocycles. The molecule has 11 heteroatoms. The van der Waals surface area contributed by atoms with Crippen molar-refractivity contribution in [2.45, 2.75) is 69.1 Å². The standard InChI is InChI=1S/C23H30F3N5O2S/c1-16-14-30(10-11-33-16)21(32)15-34-22-29-28-20(31(22)19-8-3-2-4-9-19)13-27-18-7-5-6-17(12-18)23(24,25)26/h5-7,12,16,19,27H,2-4,8-11,13-15H2,1H3. The first-order valence-corrected chi connectivity index (χ1v) is 12.7. The average molecular weight is 498 g/mol. The van der Waals surface area contributed by atoms with Crippen LogP contribution in [0.25, 0.3) is 0 Å². The number of hydrogen-bond acceptors (Lipinski definition) is 6. The van der Waals surface area contributed by atoms with Gasteiger partial charge in [0, 0.05) is 24.8 Å². The van der Waals surface area contributed by atoms with Crippen molar-refractivity contribution in [3.8, 4) is 0 Å². The summed E-state index contributed by atoms with van der Waals surface area (Å²) in [7, 11) is 0. The molecule has 0 spiro atoms. The van der Waals surface area contributed by atoms with E-state index in [4.69, 9.17) is 4.74 Å². The molecular formula is C23H30F3N5O2S. The second kappa shape index (κ2) is 11.0. The molecule has 1 aromatic carbocycles. The number of rotatable bonds is 7. The van der Waals surface area contributed by atoms with Crippen LogP contribution in [0.3, 0.4) is 0 Å². The normalized spacial score (nSPS) is 19.9. The van der Waals surface area contributed by atoms with Crippen molar-refractivity contribution in [1.29, 1.82) is 0 Å². The number of carbonyl (C=O) groups is 1. The number of ether oxygens (including phenoxy) is 1. The fourth-order valence-electron chi connectivity index (χ4n) is 4.48. The molecule has 4 rings (SSSR count). The summed E-state index contributed by atoms with van der Waals surface area (Å²) in [6.45, 7) is 3.92. The van der Waals surface area contributed by atoms with Crippen molar-refractivity contribution in [2.24, 2.45) is 0 Å². The maximum absolute atomic E-state index is 13.1. The summed E-state index contributed by atoms with van der Waals surface area (Å²) in [6.07, 6.45) is 1.04. The molecule has 1 amide bonds. The lowest BCUT2D eigenvalue weighted by Crippen LogP contribution is -2.45. The van der Waals surface area contributed by atoms with E-state index in [1.165, 1.54) is 24.2 Å². The van der Waals surface area contributed by atoms with Gasteiger partial charge in [0.2, 0.25) is 5.91 Å². The molecule has 7 nitrogen and oxygen atoms in total. The van der Waals surface area contributed by atoms with Gasteiger partial charge >= 0.3 is 6.18 Å². The van der Waals surface area contributed by atoms with Gasteiger partial charge in [0.25, 0.3) is 0 Å². The van der Waals surface area contributed by atoms with Crippen LogP contribution in [-0.4, -0.2) is 57.1 Å². The first-order valence-electron chi connectivity index (χ1n) is 11.7. The van der Waals surface area contributed by atoms with E-state index < -0.39 is 11.7 Å². The van der Waals surface area contributed by atoms with E-state index in [9.17, 15) is 18.0 Å². The van der Waals surface area contributed by atoms with Crippen LogP contribution in [-0.2, 0) is 22.3 Å². The van der Waals surface area contributed by atoms with E-state index in [2.05, 4.69) is 20.1 Å². The molecule has 34 heavy (non-hydrogen) atoms. The number of aromatic nitrogens is 3. The van der Waals surface area contributed by atoms with Crippen LogP contribution in [0, 0.1) is 0 Å². The minimum atomic E-state index is -4.39. The van der Waals surface area contributed by atoms with Gasteiger partial charge in [-0.1, -0.05) is 37.1 Å². The molecule has 1 aromatic heterocycles. The maximum Gasteiger partial charge on any atom is 0.416 e. The highest BCUT2D eigenvalue weighted by Crippen LogP contribution is 2.34. The number of anilines is 1. The van der Waals surface area contributed by atoms with Crippen molar-refractivity contribution in [1.82, 2.24) is 19.7 Å². The van der Waals surface area contributed by atoms with Gasteiger partial charge in [-0.25, -0.2) is 0 Å². The first-order chi connectivity index (χ1) is 16.3. The monoisotopic (exact) mass is 497 g/mol. The zero-order valence-electron chi connectivity index (χ0n) is 19.2. The number of nitrogens with one attached hydrogen (secondary N) is 1. The Labute approximate surface area is 201 Å². The predicted molar refractivity (Wildman–Crippen MR) is 124 cm³/mol. The third-order valence-electron chi connectivity index (χ3n) is 6.23. The molecule has 186 valence electrons. The summed E-state index contributed by atoms with van der Waals surface area (Å²) in [6, 6.07) is 5.36. The largest absolute Gasteiger partial charge is 0.416 e. The summed E-state index contributed by atoms with van der Waals surface area (Å²) < 4.78 is 46.8. The van der Waals surface area contributed by atoms with Crippen molar-refractivity contribution in [3.05, 3.63) is 35.7 Å². The zero-order valence-corrected chi connectivity index (χ0v) is 20.0.